The van der Waals surface area contributed by atoms with Crippen molar-refractivity contribution in [3.8, 4) is 5.75 Å². The molecule has 4 nitrogen and oxygen atoms in total. The van der Waals surface area contributed by atoms with Crippen molar-refractivity contribution in [2.24, 2.45) is 0 Å². The quantitative estimate of drug-likeness (QED) is 0.179. The second-order valence-electron chi connectivity index (χ2n) is 7.63. The first-order chi connectivity index (χ1) is 16.0. The zero-order chi connectivity index (χ0) is 23.2. The van der Waals surface area contributed by atoms with Crippen LogP contribution in [0.25, 0.3) is 10.2 Å². The van der Waals surface area contributed by atoms with Crippen LogP contribution in [0.15, 0.2) is 71.6 Å². The molecule has 0 spiro atoms. The van der Waals surface area contributed by atoms with Crippen LogP contribution in [0.5, 0.6) is 5.75 Å². The molecule has 0 aliphatic rings. The van der Waals surface area contributed by atoms with E-state index in [1.54, 1.807) is 30.2 Å². The Morgan fingerprint density at radius 2 is 1.85 bits per heavy atom. The molecule has 7 heteroatoms. The monoisotopic (exact) mass is 496 g/mol. The predicted molar refractivity (Wildman–Crippen MR) is 140 cm³/mol. The highest BCUT2D eigenvalue weighted by Gasteiger charge is 2.22. The van der Waals surface area contributed by atoms with Crippen molar-refractivity contribution in [1.29, 1.82) is 0 Å². The van der Waals surface area contributed by atoms with E-state index >= 15 is 0 Å². The third-order valence-electron chi connectivity index (χ3n) is 5.24. The van der Waals surface area contributed by atoms with E-state index in [1.165, 1.54) is 0 Å². The maximum atomic E-state index is 13.4. The van der Waals surface area contributed by atoms with E-state index in [1.807, 2.05) is 71.6 Å². The van der Waals surface area contributed by atoms with Gasteiger partial charge >= 0.3 is 0 Å². The lowest BCUT2D eigenvalue weighted by molar-refractivity contribution is -0.118. The minimum atomic E-state index is 0.0752. The number of anilines is 1. The number of methoxy groups -OCH3 is 1. The number of thiazole rings is 1. The standard InChI is InChI=1S/C26H25ClN2O2S2/c1-18-10-15-22(31-2)24-25(18)33-26(28-24)29(17-19-7-4-3-5-8-19)23(30)9-6-16-32-21-13-11-20(27)12-14-21/h3-5,7-8,10-15H,6,9,16-17H2,1-2H3. The van der Waals surface area contributed by atoms with Gasteiger partial charge in [0.1, 0.15) is 11.3 Å². The molecule has 3 aromatic carbocycles. The lowest BCUT2D eigenvalue weighted by atomic mass is 10.2. The molecule has 1 heterocycles. The first-order valence-corrected chi connectivity index (χ1v) is 12.9. The van der Waals surface area contributed by atoms with Gasteiger partial charge < -0.3 is 4.74 Å². The van der Waals surface area contributed by atoms with Gasteiger partial charge in [0.25, 0.3) is 0 Å². The van der Waals surface area contributed by atoms with Gasteiger partial charge in [-0.05, 0) is 60.6 Å². The highest BCUT2D eigenvalue weighted by Crippen LogP contribution is 2.37. The predicted octanol–water partition coefficient (Wildman–Crippen LogP) is 7.37. The summed E-state index contributed by atoms with van der Waals surface area (Å²) in [4.78, 5) is 21.1. The molecule has 1 aromatic heterocycles. The summed E-state index contributed by atoms with van der Waals surface area (Å²) in [5.74, 6) is 1.66. The van der Waals surface area contributed by atoms with Crippen LogP contribution in [0, 0.1) is 6.92 Å². The number of halogens is 1. The molecule has 0 atom stereocenters. The molecule has 0 bridgehead atoms. The van der Waals surface area contributed by atoms with Gasteiger partial charge in [-0.1, -0.05) is 59.3 Å². The molecule has 170 valence electrons. The molecule has 0 unspecified atom stereocenters. The number of hydrogen-bond acceptors (Lipinski definition) is 5. The molecule has 0 fully saturated rings. The lowest BCUT2D eigenvalue weighted by Gasteiger charge is -2.20. The molecule has 4 aromatic rings. The van der Waals surface area contributed by atoms with E-state index < -0.39 is 0 Å². The number of aryl methyl sites for hydroxylation is 1. The van der Waals surface area contributed by atoms with Crippen molar-refractivity contribution < 1.29 is 9.53 Å². The van der Waals surface area contributed by atoms with Gasteiger partial charge in [0.2, 0.25) is 5.91 Å². The zero-order valence-electron chi connectivity index (χ0n) is 18.6. The number of fused-ring (bicyclic) bond motifs is 1. The lowest BCUT2D eigenvalue weighted by Crippen LogP contribution is -2.30. The topological polar surface area (TPSA) is 42.4 Å². The Bertz CT molecular complexity index is 1230. The molecule has 1 amide bonds. The van der Waals surface area contributed by atoms with Crippen molar-refractivity contribution in [3.63, 3.8) is 0 Å². The number of carbonyl (C=O) groups excluding carboxylic acids is 1. The molecule has 0 aliphatic heterocycles. The smallest absolute Gasteiger partial charge is 0.229 e. The Balaban J connectivity index is 1.52. The highest BCUT2D eigenvalue weighted by molar-refractivity contribution is 7.99. The third-order valence-corrected chi connectivity index (χ3v) is 7.81. The normalized spacial score (nSPS) is 11.0. The Hall–Kier alpha value is -2.54. The summed E-state index contributed by atoms with van der Waals surface area (Å²) in [6, 6.07) is 21.8. The van der Waals surface area contributed by atoms with Crippen molar-refractivity contribution >= 4 is 56.0 Å². The molecule has 0 aliphatic carbocycles. The SMILES string of the molecule is COc1ccc(C)c2sc(N(Cc3ccccc3)C(=O)CCCSc3ccc(Cl)cc3)nc12. The van der Waals surface area contributed by atoms with E-state index in [2.05, 4.69) is 6.92 Å². The van der Waals surface area contributed by atoms with E-state index in [0.29, 0.717) is 18.1 Å². The molecule has 0 N–H and O–H groups in total. The van der Waals surface area contributed by atoms with Crippen molar-refractivity contribution in [3.05, 3.63) is 82.9 Å². The maximum absolute atomic E-state index is 13.4. The number of aromatic nitrogens is 1. The van der Waals surface area contributed by atoms with Crippen LogP contribution in [-0.4, -0.2) is 23.8 Å². The number of thioether (sulfide) groups is 1. The summed E-state index contributed by atoms with van der Waals surface area (Å²) in [5, 5.41) is 1.44. The number of ether oxygens (including phenoxy) is 1. The summed E-state index contributed by atoms with van der Waals surface area (Å²) in [6.45, 7) is 2.55. The number of amides is 1. The fourth-order valence-corrected chi connectivity index (χ4v) is 5.53. The van der Waals surface area contributed by atoms with Crippen LogP contribution in [0.1, 0.15) is 24.0 Å². The van der Waals surface area contributed by atoms with Crippen molar-refractivity contribution in [1.82, 2.24) is 4.98 Å². The van der Waals surface area contributed by atoms with Gasteiger partial charge in [-0.15, -0.1) is 11.8 Å². The van der Waals surface area contributed by atoms with E-state index in [-0.39, 0.29) is 5.91 Å². The second-order valence-corrected chi connectivity index (χ2v) is 10.2. The number of carbonyl (C=O) groups is 1. The van der Waals surface area contributed by atoms with Gasteiger partial charge in [0.15, 0.2) is 5.13 Å². The van der Waals surface area contributed by atoms with Crippen molar-refractivity contribution in [2.75, 3.05) is 17.8 Å². The molecule has 33 heavy (non-hydrogen) atoms. The fourth-order valence-electron chi connectivity index (χ4n) is 3.49. The van der Waals surface area contributed by atoms with E-state index in [9.17, 15) is 4.79 Å². The summed E-state index contributed by atoms with van der Waals surface area (Å²) in [5.41, 5.74) is 3.01. The minimum Gasteiger partial charge on any atom is -0.494 e. The van der Waals surface area contributed by atoms with Gasteiger partial charge in [-0.2, -0.15) is 0 Å². The molecule has 0 saturated carbocycles. The largest absolute Gasteiger partial charge is 0.494 e. The van der Waals surface area contributed by atoms with Gasteiger partial charge in [-0.3, -0.25) is 9.69 Å². The van der Waals surface area contributed by atoms with Crippen LogP contribution in [0.2, 0.25) is 5.02 Å². The first-order valence-electron chi connectivity index (χ1n) is 10.7. The van der Waals surface area contributed by atoms with Crippen LogP contribution in [-0.2, 0) is 11.3 Å². The fraction of sp³-hybridized carbons (Fsp3) is 0.231. The Morgan fingerprint density at radius 3 is 2.58 bits per heavy atom. The van der Waals surface area contributed by atoms with Gasteiger partial charge in [0, 0.05) is 16.3 Å². The number of nitrogens with zero attached hydrogens (tertiary/aromatic N) is 2. The van der Waals surface area contributed by atoms with Crippen LogP contribution < -0.4 is 9.64 Å². The van der Waals surface area contributed by atoms with E-state index in [0.717, 1.165) is 49.2 Å². The van der Waals surface area contributed by atoms with Crippen LogP contribution >= 0.6 is 34.7 Å². The summed E-state index contributed by atoms with van der Waals surface area (Å²) in [6.07, 6.45) is 1.24. The molecular weight excluding hydrogens is 472 g/mol. The number of rotatable bonds is 9. The van der Waals surface area contributed by atoms with Crippen molar-refractivity contribution in [2.45, 2.75) is 31.2 Å². The van der Waals surface area contributed by atoms with Gasteiger partial charge in [0.05, 0.1) is 18.4 Å². The highest BCUT2D eigenvalue weighted by atomic mass is 35.5. The summed E-state index contributed by atoms with van der Waals surface area (Å²) in [7, 11) is 1.65. The molecule has 4 rings (SSSR count). The third kappa shape index (κ3) is 5.88. The molecule has 0 radical (unpaired) electrons. The van der Waals surface area contributed by atoms with E-state index in [4.69, 9.17) is 21.3 Å². The van der Waals surface area contributed by atoms with Crippen LogP contribution in [0.4, 0.5) is 5.13 Å². The zero-order valence-corrected chi connectivity index (χ0v) is 21.0. The maximum Gasteiger partial charge on any atom is 0.229 e. The number of hydrogen-bond donors (Lipinski definition) is 0. The Morgan fingerprint density at radius 1 is 1.09 bits per heavy atom. The Kier molecular flexibility index (Phi) is 7.91. The molecule has 0 saturated heterocycles. The Labute approximate surface area is 207 Å². The van der Waals surface area contributed by atoms with Crippen LogP contribution in [0.3, 0.4) is 0 Å². The molecular formula is C26H25ClN2O2S2. The van der Waals surface area contributed by atoms with Gasteiger partial charge in [-0.25, -0.2) is 4.98 Å². The summed E-state index contributed by atoms with van der Waals surface area (Å²) >= 11 is 9.24. The minimum absolute atomic E-state index is 0.0752. The average Bonchev–Trinajstić information content (AvgIpc) is 3.28. The second kappa shape index (κ2) is 11.1. The number of benzene rings is 3. The average molecular weight is 497 g/mol. The summed E-state index contributed by atoms with van der Waals surface area (Å²) < 4.78 is 6.56. The first kappa shape index (κ1) is 23.6.